The van der Waals surface area contributed by atoms with Crippen molar-refractivity contribution in [2.24, 2.45) is 5.73 Å². The van der Waals surface area contributed by atoms with Crippen LogP contribution in [0.1, 0.15) is 23.4 Å². The largest absolute Gasteiger partial charge is 0.433 e. The van der Waals surface area contributed by atoms with E-state index in [-0.39, 0.29) is 30.1 Å². The van der Waals surface area contributed by atoms with Gasteiger partial charge >= 0.3 is 5.88 Å². The zero-order valence-electron chi connectivity index (χ0n) is 9.57. The summed E-state index contributed by atoms with van der Waals surface area (Å²) in [4.78, 5) is 23.3. The summed E-state index contributed by atoms with van der Waals surface area (Å²) in [5, 5.41) is 10.4. The Hall–Kier alpha value is -1.60. The van der Waals surface area contributed by atoms with Crippen molar-refractivity contribution in [1.82, 2.24) is 4.90 Å². The molecule has 8 heteroatoms. The zero-order chi connectivity index (χ0) is 12.4. The summed E-state index contributed by atoms with van der Waals surface area (Å²) in [6.45, 7) is 1.08. The summed E-state index contributed by atoms with van der Waals surface area (Å²) in [6.07, 6.45) is 1.73. The van der Waals surface area contributed by atoms with E-state index in [1.54, 1.807) is 4.90 Å². The van der Waals surface area contributed by atoms with E-state index in [0.717, 1.165) is 12.8 Å². The van der Waals surface area contributed by atoms with Gasteiger partial charge in [-0.2, -0.15) is 0 Å². The van der Waals surface area contributed by atoms with Crippen LogP contribution in [0, 0.1) is 10.1 Å². The first-order valence-corrected chi connectivity index (χ1v) is 5.37. The number of nitrogens with two attached hydrogens (primary N) is 1. The second-order valence-electron chi connectivity index (χ2n) is 4.05. The number of furan rings is 1. The van der Waals surface area contributed by atoms with Crippen LogP contribution in [0.5, 0.6) is 0 Å². The van der Waals surface area contributed by atoms with Gasteiger partial charge in [-0.3, -0.25) is 14.9 Å². The molecule has 1 aromatic heterocycles. The molecule has 1 fully saturated rings. The molecule has 2 N–H and O–H groups in total. The Labute approximate surface area is 109 Å². The predicted molar refractivity (Wildman–Crippen MR) is 65.7 cm³/mol. The molecule has 0 spiro atoms. The van der Waals surface area contributed by atoms with Gasteiger partial charge in [-0.1, -0.05) is 0 Å². The molecule has 100 valence electrons. The molecule has 2 rings (SSSR count). The van der Waals surface area contributed by atoms with Crippen molar-refractivity contribution in [3.63, 3.8) is 0 Å². The molecule has 1 aliphatic heterocycles. The van der Waals surface area contributed by atoms with Crippen LogP contribution >= 0.6 is 12.4 Å². The maximum atomic E-state index is 11.9. The number of hydrogen-bond donors (Lipinski definition) is 1. The predicted octanol–water partition coefficient (Wildman–Crippen LogP) is 1.17. The first-order chi connectivity index (χ1) is 8.08. The van der Waals surface area contributed by atoms with Gasteiger partial charge in [-0.25, -0.2) is 0 Å². The summed E-state index contributed by atoms with van der Waals surface area (Å²) in [6, 6.07) is 2.47. The second-order valence-corrected chi connectivity index (χ2v) is 4.05. The molecule has 1 atom stereocenters. The van der Waals surface area contributed by atoms with Crippen LogP contribution in [0.3, 0.4) is 0 Å². The molecule has 0 radical (unpaired) electrons. The molecule has 1 saturated heterocycles. The Morgan fingerprint density at radius 2 is 2.28 bits per heavy atom. The zero-order valence-corrected chi connectivity index (χ0v) is 10.4. The SMILES string of the molecule is Cl.N[C@@H]1CCCN(C(=O)c2ccc([N+](=O)[O-])o2)C1. The van der Waals surface area contributed by atoms with Gasteiger partial charge in [0.25, 0.3) is 5.91 Å². The maximum Gasteiger partial charge on any atom is 0.433 e. The van der Waals surface area contributed by atoms with E-state index in [0.29, 0.717) is 13.1 Å². The van der Waals surface area contributed by atoms with Gasteiger partial charge in [0.2, 0.25) is 0 Å². The molecule has 0 aromatic carbocycles. The van der Waals surface area contributed by atoms with Gasteiger partial charge in [0, 0.05) is 19.1 Å². The first kappa shape index (κ1) is 14.5. The highest BCUT2D eigenvalue weighted by Gasteiger charge is 2.26. The van der Waals surface area contributed by atoms with Crippen LogP contribution in [0.15, 0.2) is 16.5 Å². The lowest BCUT2D eigenvalue weighted by Crippen LogP contribution is -2.45. The normalized spacial score (nSPS) is 19.2. The van der Waals surface area contributed by atoms with Crippen molar-refractivity contribution in [3.05, 3.63) is 28.0 Å². The summed E-state index contributed by atoms with van der Waals surface area (Å²) >= 11 is 0. The lowest BCUT2D eigenvalue weighted by Gasteiger charge is -2.29. The highest BCUT2D eigenvalue weighted by molar-refractivity contribution is 5.91. The van der Waals surface area contributed by atoms with Gasteiger partial charge < -0.3 is 15.1 Å². The van der Waals surface area contributed by atoms with Gasteiger partial charge in [-0.15, -0.1) is 12.4 Å². The topological polar surface area (TPSA) is 103 Å². The van der Waals surface area contributed by atoms with Gasteiger partial charge in [-0.05, 0) is 18.9 Å². The van der Waals surface area contributed by atoms with E-state index in [1.807, 2.05) is 0 Å². The van der Waals surface area contributed by atoms with E-state index in [9.17, 15) is 14.9 Å². The van der Waals surface area contributed by atoms with Crippen molar-refractivity contribution in [2.45, 2.75) is 18.9 Å². The molecule has 0 saturated carbocycles. The maximum absolute atomic E-state index is 11.9. The summed E-state index contributed by atoms with van der Waals surface area (Å²) in [5.41, 5.74) is 5.76. The minimum Gasteiger partial charge on any atom is -0.395 e. The molecule has 1 aliphatic rings. The van der Waals surface area contributed by atoms with Crippen LogP contribution in [0.4, 0.5) is 5.88 Å². The number of rotatable bonds is 2. The van der Waals surface area contributed by atoms with E-state index < -0.39 is 10.8 Å². The number of carbonyl (C=O) groups is 1. The van der Waals surface area contributed by atoms with E-state index >= 15 is 0 Å². The number of likely N-dealkylation sites (tertiary alicyclic amines) is 1. The van der Waals surface area contributed by atoms with Gasteiger partial charge in [0.05, 0.1) is 6.07 Å². The standard InChI is InChI=1S/C10H13N3O4.ClH/c11-7-2-1-5-12(6-7)10(14)8-3-4-9(17-8)13(15)16;/h3-4,7H,1-2,5-6,11H2;1H/t7-;/m1./s1. The summed E-state index contributed by atoms with van der Waals surface area (Å²) < 4.78 is 4.86. The number of nitro groups is 1. The number of piperidine rings is 1. The number of carbonyl (C=O) groups excluding carboxylic acids is 1. The molecule has 18 heavy (non-hydrogen) atoms. The van der Waals surface area contributed by atoms with Gasteiger partial charge in [0.15, 0.2) is 5.76 Å². The van der Waals surface area contributed by atoms with Crippen LogP contribution in [0.2, 0.25) is 0 Å². The fourth-order valence-corrected chi connectivity index (χ4v) is 1.89. The number of halogens is 1. The van der Waals surface area contributed by atoms with Crippen LogP contribution in [-0.2, 0) is 0 Å². The minimum absolute atomic E-state index is 0. The molecule has 2 heterocycles. The third kappa shape index (κ3) is 2.99. The Morgan fingerprint density at radius 3 is 2.83 bits per heavy atom. The van der Waals surface area contributed by atoms with Crippen molar-refractivity contribution < 1.29 is 14.1 Å². The second kappa shape index (κ2) is 5.83. The Bertz CT molecular complexity index is 448. The van der Waals surface area contributed by atoms with E-state index in [4.69, 9.17) is 10.2 Å². The lowest BCUT2D eigenvalue weighted by atomic mass is 10.1. The van der Waals surface area contributed by atoms with Crippen molar-refractivity contribution >= 4 is 24.2 Å². The Kier molecular flexibility index (Phi) is 4.69. The highest BCUT2D eigenvalue weighted by Crippen LogP contribution is 2.19. The van der Waals surface area contributed by atoms with Crippen LogP contribution in [0.25, 0.3) is 0 Å². The molecule has 0 bridgehead atoms. The van der Waals surface area contributed by atoms with Gasteiger partial charge in [0.1, 0.15) is 4.92 Å². The van der Waals surface area contributed by atoms with E-state index in [2.05, 4.69) is 0 Å². The third-order valence-corrected chi connectivity index (χ3v) is 2.73. The molecule has 0 aliphatic carbocycles. The summed E-state index contributed by atoms with van der Waals surface area (Å²) in [7, 11) is 0. The molecule has 1 aromatic rings. The summed E-state index contributed by atoms with van der Waals surface area (Å²) in [5.74, 6) is -0.770. The van der Waals surface area contributed by atoms with Crippen LogP contribution < -0.4 is 5.73 Å². The average Bonchev–Trinajstić information content (AvgIpc) is 2.77. The van der Waals surface area contributed by atoms with Crippen LogP contribution in [-0.4, -0.2) is 34.9 Å². The molecular weight excluding hydrogens is 262 g/mol. The molecule has 0 unspecified atom stereocenters. The average molecular weight is 276 g/mol. The Morgan fingerprint density at radius 1 is 1.56 bits per heavy atom. The van der Waals surface area contributed by atoms with Crippen molar-refractivity contribution in [3.8, 4) is 0 Å². The molecule has 7 nitrogen and oxygen atoms in total. The lowest BCUT2D eigenvalue weighted by molar-refractivity contribution is -0.402. The fourth-order valence-electron chi connectivity index (χ4n) is 1.89. The monoisotopic (exact) mass is 275 g/mol. The number of amides is 1. The van der Waals surface area contributed by atoms with Crippen molar-refractivity contribution in [1.29, 1.82) is 0 Å². The Balaban J connectivity index is 0.00000162. The third-order valence-electron chi connectivity index (χ3n) is 2.73. The highest BCUT2D eigenvalue weighted by atomic mass is 35.5. The quantitative estimate of drug-likeness (QED) is 0.645. The van der Waals surface area contributed by atoms with Crippen molar-refractivity contribution in [2.75, 3.05) is 13.1 Å². The molecular formula is C10H14ClN3O4. The number of nitrogens with zero attached hydrogens (tertiary/aromatic N) is 2. The molecule has 1 amide bonds. The first-order valence-electron chi connectivity index (χ1n) is 5.37. The fraction of sp³-hybridized carbons (Fsp3) is 0.500. The van der Waals surface area contributed by atoms with E-state index in [1.165, 1.54) is 12.1 Å². The smallest absolute Gasteiger partial charge is 0.395 e. The number of hydrogen-bond acceptors (Lipinski definition) is 5. The minimum atomic E-state index is -0.668.